The molecule has 0 radical (unpaired) electrons. The monoisotopic (exact) mass is 408 g/mol. The highest BCUT2D eigenvalue weighted by atomic mass is 35.5. The second-order valence-corrected chi connectivity index (χ2v) is 8.03. The van der Waals surface area contributed by atoms with Crippen LogP contribution in [0.15, 0.2) is 29.8 Å². The third-order valence-corrected chi connectivity index (χ3v) is 6.26. The molecule has 0 atom stereocenters. The Morgan fingerprint density at radius 3 is 2.96 bits per heavy atom. The summed E-state index contributed by atoms with van der Waals surface area (Å²) in [6.07, 6.45) is 8.41. The number of anilines is 1. The van der Waals surface area contributed by atoms with Crippen LogP contribution < -0.4 is 10.6 Å². The van der Waals surface area contributed by atoms with E-state index in [1.807, 2.05) is 18.2 Å². The van der Waals surface area contributed by atoms with E-state index in [4.69, 9.17) is 28.6 Å². The second kappa shape index (κ2) is 8.84. The summed E-state index contributed by atoms with van der Waals surface area (Å²) in [6, 6.07) is 5.73. The molecule has 1 aliphatic rings. The Hall–Kier alpha value is -1.63. The minimum absolute atomic E-state index is 0.417. The van der Waals surface area contributed by atoms with Gasteiger partial charge in [-0.1, -0.05) is 23.3 Å². The first-order valence-corrected chi connectivity index (χ1v) is 10.2. The van der Waals surface area contributed by atoms with Crippen molar-refractivity contribution in [2.24, 2.45) is 0 Å². The van der Waals surface area contributed by atoms with Crippen LogP contribution in [0.3, 0.4) is 0 Å². The van der Waals surface area contributed by atoms with Crippen LogP contribution in [0.4, 0.5) is 5.69 Å². The lowest BCUT2D eigenvalue weighted by molar-refractivity contribution is 0.0606. The largest absolute Gasteiger partial charge is 0.465 e. The van der Waals surface area contributed by atoms with Gasteiger partial charge in [0.1, 0.15) is 4.88 Å². The molecular weight excluding hydrogens is 388 g/mol. The van der Waals surface area contributed by atoms with Crippen molar-refractivity contribution in [1.29, 1.82) is 0 Å². The van der Waals surface area contributed by atoms with E-state index in [1.165, 1.54) is 49.7 Å². The Labute approximate surface area is 167 Å². The van der Waals surface area contributed by atoms with Crippen LogP contribution in [-0.4, -0.2) is 24.7 Å². The summed E-state index contributed by atoms with van der Waals surface area (Å²) in [5.41, 5.74) is 2.39. The molecular formula is C19H21ClN2O2S2. The van der Waals surface area contributed by atoms with Crippen molar-refractivity contribution in [1.82, 2.24) is 5.32 Å². The summed E-state index contributed by atoms with van der Waals surface area (Å²) in [7, 11) is 1.35. The molecule has 0 saturated heterocycles. The zero-order valence-electron chi connectivity index (χ0n) is 14.6. The predicted octanol–water partition coefficient (Wildman–Crippen LogP) is 5.52. The maximum absolute atomic E-state index is 11.8. The molecule has 26 heavy (non-hydrogen) atoms. The number of ether oxygens (including phenoxy) is 1. The molecule has 0 spiro atoms. The van der Waals surface area contributed by atoms with Gasteiger partial charge < -0.3 is 15.4 Å². The van der Waals surface area contributed by atoms with Gasteiger partial charge in [-0.2, -0.15) is 0 Å². The molecule has 0 bridgehead atoms. The third-order valence-electron chi connectivity index (χ3n) is 4.37. The van der Waals surface area contributed by atoms with Gasteiger partial charge in [-0.25, -0.2) is 4.79 Å². The quantitative estimate of drug-likeness (QED) is 0.387. The fourth-order valence-electron chi connectivity index (χ4n) is 3.01. The number of rotatable bonds is 5. The van der Waals surface area contributed by atoms with Crippen LogP contribution in [0.5, 0.6) is 0 Å². The van der Waals surface area contributed by atoms with Gasteiger partial charge in [0, 0.05) is 22.3 Å². The first-order valence-electron chi connectivity index (χ1n) is 8.61. The maximum Gasteiger partial charge on any atom is 0.349 e. The van der Waals surface area contributed by atoms with Crippen molar-refractivity contribution < 1.29 is 9.53 Å². The number of thiocarbonyl (C=S) groups is 1. The molecule has 7 heteroatoms. The van der Waals surface area contributed by atoms with Crippen molar-refractivity contribution in [2.75, 3.05) is 19.0 Å². The molecule has 0 amide bonds. The van der Waals surface area contributed by atoms with E-state index in [9.17, 15) is 4.79 Å². The molecule has 2 aromatic rings. The number of nitrogens with one attached hydrogen (secondary N) is 2. The molecule has 1 aromatic carbocycles. The van der Waals surface area contributed by atoms with E-state index in [1.54, 1.807) is 0 Å². The number of fused-ring (bicyclic) bond motifs is 1. The summed E-state index contributed by atoms with van der Waals surface area (Å²) in [5.74, 6) is -0.417. The van der Waals surface area contributed by atoms with Crippen molar-refractivity contribution in [2.45, 2.75) is 32.1 Å². The van der Waals surface area contributed by atoms with Gasteiger partial charge in [-0.05, 0) is 62.5 Å². The fourth-order valence-corrected chi connectivity index (χ4v) is 4.70. The van der Waals surface area contributed by atoms with Crippen molar-refractivity contribution in [3.05, 3.63) is 39.7 Å². The number of carbonyl (C=O) groups is 1. The topological polar surface area (TPSA) is 50.4 Å². The number of allylic oxidation sites excluding steroid dienone is 1. The van der Waals surface area contributed by atoms with Crippen LogP contribution >= 0.6 is 35.2 Å². The number of carbonyl (C=O) groups excluding carboxylic acids is 1. The van der Waals surface area contributed by atoms with E-state index >= 15 is 0 Å². The fraction of sp³-hybridized carbons (Fsp3) is 0.368. The molecule has 0 saturated carbocycles. The van der Waals surface area contributed by atoms with E-state index < -0.39 is 5.97 Å². The lowest BCUT2D eigenvalue weighted by atomic mass is 9.97. The highest BCUT2D eigenvalue weighted by Gasteiger charge is 2.17. The first-order chi connectivity index (χ1) is 12.6. The van der Waals surface area contributed by atoms with E-state index in [0.29, 0.717) is 15.0 Å². The molecule has 1 heterocycles. The summed E-state index contributed by atoms with van der Waals surface area (Å²) in [5, 5.41) is 8.31. The Balaban J connectivity index is 1.60. The zero-order chi connectivity index (χ0) is 18.5. The van der Waals surface area contributed by atoms with Gasteiger partial charge >= 0.3 is 5.97 Å². The van der Waals surface area contributed by atoms with Crippen LogP contribution in [-0.2, 0) is 4.74 Å². The first kappa shape index (κ1) is 19.1. The average Bonchev–Trinajstić information content (AvgIpc) is 2.98. The molecule has 0 fully saturated rings. The van der Waals surface area contributed by atoms with Crippen LogP contribution in [0.2, 0.25) is 5.02 Å². The number of halogens is 1. The molecule has 3 rings (SSSR count). The minimum Gasteiger partial charge on any atom is -0.465 e. The standard InChI is InChI=1S/C19H21ClN2O2S2/c1-24-18(23)17-16(20)14-8-7-13(11-15(14)26-17)22-19(25)21-10-9-12-5-3-2-4-6-12/h5,7-8,11H,2-4,6,9-10H2,1H3,(H2,21,22,25). The smallest absolute Gasteiger partial charge is 0.349 e. The third kappa shape index (κ3) is 4.55. The van der Waals surface area contributed by atoms with Crippen LogP contribution in [0.1, 0.15) is 41.8 Å². The Bertz CT molecular complexity index is 861. The summed E-state index contributed by atoms with van der Waals surface area (Å²) >= 11 is 13.0. The number of benzene rings is 1. The molecule has 4 nitrogen and oxygen atoms in total. The second-order valence-electron chi connectivity index (χ2n) is 6.19. The number of methoxy groups -OCH3 is 1. The average molecular weight is 409 g/mol. The molecule has 2 N–H and O–H groups in total. The molecule has 1 aliphatic carbocycles. The molecule has 0 unspecified atom stereocenters. The van der Waals surface area contributed by atoms with E-state index in [2.05, 4.69) is 16.7 Å². The SMILES string of the molecule is COC(=O)c1sc2cc(NC(=S)NCCC3=CCCCC3)ccc2c1Cl. The lowest BCUT2D eigenvalue weighted by Gasteiger charge is -2.14. The van der Waals surface area contributed by atoms with E-state index in [-0.39, 0.29) is 0 Å². The van der Waals surface area contributed by atoms with E-state index in [0.717, 1.165) is 28.7 Å². The van der Waals surface area contributed by atoms with Gasteiger partial charge in [0.2, 0.25) is 0 Å². The highest BCUT2D eigenvalue weighted by Crippen LogP contribution is 2.37. The number of thiophene rings is 1. The lowest BCUT2D eigenvalue weighted by Crippen LogP contribution is -2.29. The number of esters is 1. The maximum atomic E-state index is 11.8. The van der Waals surface area contributed by atoms with Crippen molar-refractivity contribution >= 4 is 62.0 Å². The molecule has 0 aliphatic heterocycles. The van der Waals surface area contributed by atoms with Crippen LogP contribution in [0.25, 0.3) is 10.1 Å². The van der Waals surface area contributed by atoms with Gasteiger partial charge in [-0.15, -0.1) is 11.3 Å². The highest BCUT2D eigenvalue weighted by molar-refractivity contribution is 7.80. The summed E-state index contributed by atoms with van der Waals surface area (Å²) in [6.45, 7) is 0.831. The Morgan fingerprint density at radius 1 is 1.38 bits per heavy atom. The molecule has 138 valence electrons. The van der Waals surface area contributed by atoms with Gasteiger partial charge in [-0.3, -0.25) is 0 Å². The van der Waals surface area contributed by atoms with Gasteiger partial charge in [0.25, 0.3) is 0 Å². The summed E-state index contributed by atoms with van der Waals surface area (Å²) < 4.78 is 5.68. The summed E-state index contributed by atoms with van der Waals surface area (Å²) in [4.78, 5) is 12.2. The van der Waals surface area contributed by atoms with Crippen molar-refractivity contribution in [3.8, 4) is 0 Å². The van der Waals surface area contributed by atoms with Crippen LogP contribution in [0, 0.1) is 0 Å². The number of hydrogen-bond acceptors (Lipinski definition) is 4. The zero-order valence-corrected chi connectivity index (χ0v) is 17.0. The van der Waals surface area contributed by atoms with Gasteiger partial charge in [0.05, 0.1) is 12.1 Å². The normalized spacial score (nSPS) is 14.0. The Kier molecular flexibility index (Phi) is 6.51. The Morgan fingerprint density at radius 2 is 2.23 bits per heavy atom. The number of hydrogen-bond donors (Lipinski definition) is 2. The van der Waals surface area contributed by atoms with Crippen molar-refractivity contribution in [3.63, 3.8) is 0 Å². The predicted molar refractivity (Wildman–Crippen MR) is 114 cm³/mol. The molecule has 1 aromatic heterocycles. The van der Waals surface area contributed by atoms with Gasteiger partial charge in [0.15, 0.2) is 5.11 Å². The minimum atomic E-state index is -0.417.